The number of hydrogen-bond acceptors (Lipinski definition) is 4. The molecule has 1 aliphatic rings. The van der Waals surface area contributed by atoms with Crippen LogP contribution in [0.5, 0.6) is 0 Å². The molecule has 0 saturated heterocycles. The van der Waals surface area contributed by atoms with Crippen molar-refractivity contribution in [3.05, 3.63) is 11.8 Å². The highest BCUT2D eigenvalue weighted by Crippen LogP contribution is 2.40. The zero-order valence-electron chi connectivity index (χ0n) is 10.3. The number of Topliss-reactive ketones (excluding diaryl/α,β-unsaturated/α-hetero) is 1. The second-order valence-electron chi connectivity index (χ2n) is 4.41. The summed E-state index contributed by atoms with van der Waals surface area (Å²) in [6.07, 6.45) is 2.42. The molecular weight excluding hydrogens is 206 g/mol. The van der Waals surface area contributed by atoms with Gasteiger partial charge in [0.1, 0.15) is 5.57 Å². The lowest BCUT2D eigenvalue weighted by Gasteiger charge is -2.10. The lowest BCUT2D eigenvalue weighted by atomic mass is 10.1. The highest BCUT2D eigenvalue weighted by molar-refractivity contribution is 6.18. The van der Waals surface area contributed by atoms with Crippen molar-refractivity contribution in [2.24, 2.45) is 11.8 Å². The molecule has 0 heterocycles. The van der Waals surface area contributed by atoms with E-state index >= 15 is 0 Å². The van der Waals surface area contributed by atoms with Gasteiger partial charge in [-0.3, -0.25) is 4.79 Å². The van der Waals surface area contributed by atoms with Gasteiger partial charge in [-0.25, -0.2) is 4.79 Å². The maximum Gasteiger partial charge on any atom is 0.343 e. The van der Waals surface area contributed by atoms with E-state index in [2.05, 4.69) is 0 Å². The number of carbonyl (C=O) groups excluding carboxylic acids is 2. The Labute approximate surface area is 96.3 Å². The number of carbonyl (C=O) groups is 2. The lowest BCUT2D eigenvalue weighted by molar-refractivity contribution is -0.140. The van der Waals surface area contributed by atoms with Crippen molar-refractivity contribution in [1.82, 2.24) is 4.90 Å². The van der Waals surface area contributed by atoms with Gasteiger partial charge in [-0.2, -0.15) is 0 Å². The summed E-state index contributed by atoms with van der Waals surface area (Å²) < 4.78 is 4.88. The molecule has 1 unspecified atom stereocenters. The first kappa shape index (κ1) is 12.7. The van der Waals surface area contributed by atoms with Gasteiger partial charge in [0.2, 0.25) is 0 Å². The molecular formula is C12H19NO3. The van der Waals surface area contributed by atoms with Crippen molar-refractivity contribution in [2.75, 3.05) is 20.7 Å². The van der Waals surface area contributed by atoms with Gasteiger partial charge in [-0.05, 0) is 19.3 Å². The summed E-state index contributed by atoms with van der Waals surface area (Å²) in [6.45, 7) is 4.04. The molecule has 90 valence electrons. The average molecular weight is 225 g/mol. The minimum absolute atomic E-state index is 0.00982. The summed E-state index contributed by atoms with van der Waals surface area (Å²) in [5.74, 6) is -0.192. The number of hydrogen-bond donors (Lipinski definition) is 0. The van der Waals surface area contributed by atoms with Gasteiger partial charge in [0, 0.05) is 26.2 Å². The molecule has 1 aliphatic carbocycles. The van der Waals surface area contributed by atoms with E-state index in [0.717, 1.165) is 6.42 Å². The first-order chi connectivity index (χ1) is 7.47. The Morgan fingerprint density at radius 2 is 2.00 bits per heavy atom. The number of ether oxygens (including phenoxy) is 1. The van der Waals surface area contributed by atoms with Crippen molar-refractivity contribution >= 4 is 11.8 Å². The van der Waals surface area contributed by atoms with E-state index < -0.39 is 5.97 Å². The van der Waals surface area contributed by atoms with Crippen LogP contribution >= 0.6 is 0 Å². The van der Waals surface area contributed by atoms with Crippen molar-refractivity contribution in [3.63, 3.8) is 0 Å². The summed E-state index contributed by atoms with van der Waals surface area (Å²) in [5.41, 5.74) is 0.168. The third-order valence-corrected chi connectivity index (χ3v) is 2.59. The van der Waals surface area contributed by atoms with Gasteiger partial charge in [-0.1, -0.05) is 6.92 Å². The Balaban J connectivity index is 2.79. The van der Waals surface area contributed by atoms with E-state index in [1.54, 1.807) is 32.1 Å². The van der Waals surface area contributed by atoms with Gasteiger partial charge in [0.05, 0.1) is 6.61 Å². The van der Waals surface area contributed by atoms with E-state index in [9.17, 15) is 9.59 Å². The topological polar surface area (TPSA) is 46.6 Å². The Hall–Kier alpha value is -1.32. The van der Waals surface area contributed by atoms with Crippen LogP contribution in [0.2, 0.25) is 0 Å². The summed E-state index contributed by atoms with van der Waals surface area (Å²) in [5, 5.41) is 0. The lowest BCUT2D eigenvalue weighted by Crippen LogP contribution is -2.20. The quantitative estimate of drug-likeness (QED) is 0.305. The molecule has 0 aromatic heterocycles. The predicted molar refractivity (Wildman–Crippen MR) is 60.7 cm³/mol. The van der Waals surface area contributed by atoms with Crippen molar-refractivity contribution in [3.8, 4) is 0 Å². The molecule has 0 N–H and O–H groups in total. The fourth-order valence-corrected chi connectivity index (χ4v) is 1.57. The fraction of sp³-hybridized carbons (Fsp3) is 0.667. The normalized spacial score (nSPS) is 23.9. The molecule has 0 aromatic rings. The standard InChI is InChI=1S/C12H19NO3/c1-5-16-12(15)10(7-13(3)4)11(14)9-6-8(9)2/h7-9H,5-6H2,1-4H3/b10-7-/t8-,9?/m0/s1. The van der Waals surface area contributed by atoms with Crippen molar-refractivity contribution in [2.45, 2.75) is 20.3 Å². The molecule has 4 heteroatoms. The highest BCUT2D eigenvalue weighted by atomic mass is 16.5. The smallest absolute Gasteiger partial charge is 0.343 e. The molecule has 1 fully saturated rings. The molecule has 0 spiro atoms. The Kier molecular flexibility index (Phi) is 4.10. The SMILES string of the molecule is CCOC(=O)/C(=C\N(C)C)C(=O)C1C[C@@H]1C. The summed E-state index contributed by atoms with van der Waals surface area (Å²) in [4.78, 5) is 25.3. The van der Waals surface area contributed by atoms with Gasteiger partial charge in [-0.15, -0.1) is 0 Å². The Morgan fingerprint density at radius 3 is 2.38 bits per heavy atom. The van der Waals surface area contributed by atoms with Crippen LogP contribution in [0, 0.1) is 11.8 Å². The molecule has 0 radical (unpaired) electrons. The number of esters is 1. The molecule has 0 aliphatic heterocycles. The van der Waals surface area contributed by atoms with Gasteiger partial charge < -0.3 is 9.64 Å². The van der Waals surface area contributed by atoms with Gasteiger partial charge >= 0.3 is 5.97 Å². The third kappa shape index (κ3) is 3.08. The summed E-state index contributed by atoms with van der Waals surface area (Å²) >= 11 is 0. The zero-order valence-corrected chi connectivity index (χ0v) is 10.3. The first-order valence-corrected chi connectivity index (χ1v) is 5.57. The van der Waals surface area contributed by atoms with Crippen LogP contribution in [0.25, 0.3) is 0 Å². The molecule has 2 atom stereocenters. The van der Waals surface area contributed by atoms with Crippen LogP contribution in [-0.4, -0.2) is 37.4 Å². The summed E-state index contributed by atoms with van der Waals surface area (Å²) in [6, 6.07) is 0. The van der Waals surface area contributed by atoms with Gasteiger partial charge in [0.25, 0.3) is 0 Å². The van der Waals surface area contributed by atoms with E-state index in [4.69, 9.17) is 4.74 Å². The second-order valence-corrected chi connectivity index (χ2v) is 4.41. The minimum atomic E-state index is -0.514. The second kappa shape index (κ2) is 5.14. The van der Waals surface area contributed by atoms with Crippen LogP contribution in [0.15, 0.2) is 11.8 Å². The van der Waals surface area contributed by atoms with Crippen molar-refractivity contribution in [1.29, 1.82) is 0 Å². The third-order valence-electron chi connectivity index (χ3n) is 2.59. The molecule has 0 bridgehead atoms. The first-order valence-electron chi connectivity index (χ1n) is 5.57. The van der Waals surface area contributed by atoms with Crippen LogP contribution in [0.1, 0.15) is 20.3 Å². The van der Waals surface area contributed by atoms with E-state index in [0.29, 0.717) is 5.92 Å². The monoisotopic (exact) mass is 225 g/mol. The number of nitrogens with zero attached hydrogens (tertiary/aromatic N) is 1. The molecule has 1 saturated carbocycles. The van der Waals surface area contributed by atoms with Crippen LogP contribution in [-0.2, 0) is 14.3 Å². The highest BCUT2D eigenvalue weighted by Gasteiger charge is 2.42. The van der Waals surface area contributed by atoms with Crippen LogP contribution in [0.4, 0.5) is 0 Å². The van der Waals surface area contributed by atoms with E-state index in [1.165, 1.54) is 0 Å². The average Bonchev–Trinajstić information content (AvgIpc) is 2.91. The predicted octanol–water partition coefficient (Wildman–Crippen LogP) is 1.22. The van der Waals surface area contributed by atoms with E-state index in [1.807, 2.05) is 6.92 Å². The molecule has 1 rings (SSSR count). The zero-order chi connectivity index (χ0) is 12.3. The van der Waals surface area contributed by atoms with E-state index in [-0.39, 0.29) is 23.9 Å². The maximum atomic E-state index is 12.0. The minimum Gasteiger partial charge on any atom is -0.462 e. The molecule has 16 heavy (non-hydrogen) atoms. The maximum absolute atomic E-state index is 12.0. The molecule has 0 aromatic carbocycles. The molecule has 0 amide bonds. The molecule has 4 nitrogen and oxygen atoms in total. The Morgan fingerprint density at radius 1 is 1.44 bits per heavy atom. The number of ketones is 1. The van der Waals surface area contributed by atoms with Crippen LogP contribution in [0.3, 0.4) is 0 Å². The summed E-state index contributed by atoms with van der Waals surface area (Å²) in [7, 11) is 3.56. The van der Waals surface area contributed by atoms with Crippen LogP contribution < -0.4 is 0 Å². The number of rotatable bonds is 5. The Bertz CT molecular complexity index is 320. The largest absolute Gasteiger partial charge is 0.462 e. The van der Waals surface area contributed by atoms with Gasteiger partial charge in [0.15, 0.2) is 5.78 Å². The van der Waals surface area contributed by atoms with Crippen molar-refractivity contribution < 1.29 is 14.3 Å². The fourth-order valence-electron chi connectivity index (χ4n) is 1.57.